The standard InChI is InChI=1S/C42H29N3/c1-42(2)36-17-9-16-34(40(36)35-23-31-12-6-7-13-32(31)24-37(35)42)39-25-38(44-41(45-39)29-10-4-3-5-11-29)33-15-8-14-30(22-33)28-20-18-27(26-43)19-21-28/h3-25H,1-2H3. The number of nitriles is 1. The quantitative estimate of drug-likeness (QED) is 0.210. The maximum atomic E-state index is 9.26. The fourth-order valence-electron chi connectivity index (χ4n) is 6.73. The Morgan fingerprint density at radius 3 is 1.96 bits per heavy atom. The second-order valence-electron chi connectivity index (χ2n) is 12.2. The zero-order valence-electron chi connectivity index (χ0n) is 25.1. The van der Waals surface area contributed by atoms with Crippen LogP contribution in [0, 0.1) is 11.3 Å². The lowest BCUT2D eigenvalue weighted by Gasteiger charge is -2.22. The van der Waals surface area contributed by atoms with Crippen LogP contribution in [0.25, 0.3) is 66.9 Å². The highest BCUT2D eigenvalue weighted by Gasteiger charge is 2.37. The molecule has 0 N–H and O–H groups in total. The summed E-state index contributed by atoms with van der Waals surface area (Å²) in [5, 5.41) is 11.8. The van der Waals surface area contributed by atoms with E-state index in [1.807, 2.05) is 42.5 Å². The normalized spacial score (nSPS) is 12.8. The number of aromatic nitrogens is 2. The van der Waals surface area contributed by atoms with Crippen LogP contribution in [0.5, 0.6) is 0 Å². The van der Waals surface area contributed by atoms with Gasteiger partial charge in [0.2, 0.25) is 0 Å². The third kappa shape index (κ3) is 4.51. The summed E-state index contributed by atoms with van der Waals surface area (Å²) in [4.78, 5) is 10.3. The van der Waals surface area contributed by atoms with Gasteiger partial charge in [-0.1, -0.05) is 117 Å². The van der Waals surface area contributed by atoms with Gasteiger partial charge in [-0.05, 0) is 80.6 Å². The van der Waals surface area contributed by atoms with E-state index in [1.165, 1.54) is 33.0 Å². The van der Waals surface area contributed by atoms with E-state index in [4.69, 9.17) is 9.97 Å². The van der Waals surface area contributed by atoms with Crippen molar-refractivity contribution in [1.82, 2.24) is 9.97 Å². The van der Waals surface area contributed by atoms with Gasteiger partial charge in [0.25, 0.3) is 0 Å². The SMILES string of the molecule is CC1(C)c2cc3ccccc3cc2-c2c(-c3cc(-c4cccc(-c5ccc(C#N)cc5)c4)nc(-c4ccccc4)n3)cccc21. The van der Waals surface area contributed by atoms with Crippen LogP contribution < -0.4 is 0 Å². The number of rotatable bonds is 4. The molecule has 7 aromatic rings. The number of nitrogens with zero attached hydrogens (tertiary/aromatic N) is 3. The molecule has 1 heterocycles. The minimum Gasteiger partial charge on any atom is -0.228 e. The Morgan fingerprint density at radius 1 is 0.511 bits per heavy atom. The molecule has 3 nitrogen and oxygen atoms in total. The van der Waals surface area contributed by atoms with Gasteiger partial charge in [-0.25, -0.2) is 9.97 Å². The molecule has 0 amide bonds. The molecule has 0 fully saturated rings. The molecule has 3 heteroatoms. The molecular formula is C42H29N3. The highest BCUT2D eigenvalue weighted by atomic mass is 14.9. The first-order valence-corrected chi connectivity index (χ1v) is 15.2. The van der Waals surface area contributed by atoms with Gasteiger partial charge in [0.1, 0.15) is 0 Å². The van der Waals surface area contributed by atoms with Gasteiger partial charge >= 0.3 is 0 Å². The molecule has 0 saturated carbocycles. The summed E-state index contributed by atoms with van der Waals surface area (Å²) in [5.74, 6) is 0.695. The Balaban J connectivity index is 1.34. The molecule has 0 bridgehead atoms. The predicted molar refractivity (Wildman–Crippen MR) is 184 cm³/mol. The Hall–Kier alpha value is -5.85. The fourth-order valence-corrected chi connectivity index (χ4v) is 6.73. The maximum absolute atomic E-state index is 9.26. The molecule has 0 unspecified atom stereocenters. The van der Waals surface area contributed by atoms with Crippen LogP contribution in [0.15, 0.2) is 140 Å². The van der Waals surface area contributed by atoms with Crippen molar-refractivity contribution in [1.29, 1.82) is 5.26 Å². The zero-order chi connectivity index (χ0) is 30.5. The van der Waals surface area contributed by atoms with E-state index in [0.717, 1.165) is 39.2 Å². The minimum absolute atomic E-state index is 0.141. The van der Waals surface area contributed by atoms with Crippen LogP contribution in [-0.2, 0) is 5.41 Å². The minimum atomic E-state index is -0.141. The highest BCUT2D eigenvalue weighted by Crippen LogP contribution is 2.53. The molecule has 0 radical (unpaired) electrons. The summed E-state index contributed by atoms with van der Waals surface area (Å²) in [6, 6.07) is 50.6. The van der Waals surface area contributed by atoms with Gasteiger partial charge in [-0.3, -0.25) is 0 Å². The number of hydrogen-bond acceptors (Lipinski definition) is 3. The molecular weight excluding hydrogens is 546 g/mol. The lowest BCUT2D eigenvalue weighted by molar-refractivity contribution is 0.661. The Labute approximate surface area is 263 Å². The van der Waals surface area contributed by atoms with E-state index in [0.29, 0.717) is 11.4 Å². The zero-order valence-corrected chi connectivity index (χ0v) is 25.1. The molecule has 1 aromatic heterocycles. The summed E-state index contributed by atoms with van der Waals surface area (Å²) >= 11 is 0. The highest BCUT2D eigenvalue weighted by molar-refractivity contribution is 5.98. The Bertz CT molecular complexity index is 2290. The largest absolute Gasteiger partial charge is 0.228 e. The van der Waals surface area contributed by atoms with Crippen molar-refractivity contribution < 1.29 is 0 Å². The summed E-state index contributed by atoms with van der Waals surface area (Å²) in [6.45, 7) is 4.65. The average Bonchev–Trinajstić information content (AvgIpc) is 3.33. The molecule has 6 aromatic carbocycles. The van der Waals surface area contributed by atoms with Gasteiger partial charge in [0.15, 0.2) is 5.82 Å². The van der Waals surface area contributed by atoms with E-state index < -0.39 is 0 Å². The summed E-state index contributed by atoms with van der Waals surface area (Å²) in [5.41, 5.74) is 12.7. The van der Waals surface area contributed by atoms with Gasteiger partial charge in [-0.15, -0.1) is 0 Å². The average molecular weight is 576 g/mol. The van der Waals surface area contributed by atoms with Gasteiger partial charge in [0.05, 0.1) is 23.0 Å². The summed E-state index contributed by atoms with van der Waals surface area (Å²) in [6.07, 6.45) is 0. The molecule has 45 heavy (non-hydrogen) atoms. The maximum Gasteiger partial charge on any atom is 0.160 e. The van der Waals surface area contributed by atoms with E-state index in [9.17, 15) is 5.26 Å². The van der Waals surface area contributed by atoms with E-state index in [2.05, 4.69) is 117 Å². The number of hydrogen-bond donors (Lipinski definition) is 0. The van der Waals surface area contributed by atoms with Gasteiger partial charge in [-0.2, -0.15) is 5.26 Å². The van der Waals surface area contributed by atoms with E-state index in [-0.39, 0.29) is 5.41 Å². The Morgan fingerprint density at radius 2 is 1.18 bits per heavy atom. The van der Waals surface area contributed by atoms with Crippen molar-refractivity contribution in [3.05, 3.63) is 156 Å². The van der Waals surface area contributed by atoms with Gasteiger partial charge < -0.3 is 0 Å². The van der Waals surface area contributed by atoms with Crippen molar-refractivity contribution in [2.45, 2.75) is 19.3 Å². The fraction of sp³-hybridized carbons (Fsp3) is 0.0714. The molecule has 1 aliphatic carbocycles. The first-order valence-electron chi connectivity index (χ1n) is 15.2. The molecule has 0 spiro atoms. The summed E-state index contributed by atoms with van der Waals surface area (Å²) in [7, 11) is 0. The van der Waals surface area contributed by atoms with Crippen LogP contribution in [0.2, 0.25) is 0 Å². The van der Waals surface area contributed by atoms with Crippen LogP contribution >= 0.6 is 0 Å². The second-order valence-corrected chi connectivity index (χ2v) is 12.2. The van der Waals surface area contributed by atoms with Crippen molar-refractivity contribution in [3.8, 4) is 62.2 Å². The number of benzene rings is 6. The van der Waals surface area contributed by atoms with Gasteiger partial charge in [0, 0.05) is 22.1 Å². The molecule has 8 rings (SSSR count). The van der Waals surface area contributed by atoms with E-state index in [1.54, 1.807) is 0 Å². The first-order chi connectivity index (χ1) is 22.0. The van der Waals surface area contributed by atoms with Crippen molar-refractivity contribution in [3.63, 3.8) is 0 Å². The van der Waals surface area contributed by atoms with Crippen LogP contribution in [-0.4, -0.2) is 9.97 Å². The van der Waals surface area contributed by atoms with E-state index >= 15 is 0 Å². The smallest absolute Gasteiger partial charge is 0.160 e. The molecule has 0 atom stereocenters. The first kappa shape index (κ1) is 26.8. The lowest BCUT2D eigenvalue weighted by Crippen LogP contribution is -2.14. The monoisotopic (exact) mass is 575 g/mol. The van der Waals surface area contributed by atoms with Crippen LogP contribution in [0.4, 0.5) is 0 Å². The third-order valence-electron chi connectivity index (χ3n) is 9.11. The van der Waals surface area contributed by atoms with Crippen molar-refractivity contribution in [2.24, 2.45) is 0 Å². The van der Waals surface area contributed by atoms with Crippen molar-refractivity contribution in [2.75, 3.05) is 0 Å². The second kappa shape index (κ2) is 10.4. The van der Waals surface area contributed by atoms with Crippen LogP contribution in [0.1, 0.15) is 30.5 Å². The molecule has 1 aliphatic rings. The Kier molecular flexibility index (Phi) is 6.18. The lowest BCUT2D eigenvalue weighted by atomic mass is 9.81. The summed E-state index contributed by atoms with van der Waals surface area (Å²) < 4.78 is 0. The number of fused-ring (bicyclic) bond motifs is 4. The van der Waals surface area contributed by atoms with Crippen LogP contribution in [0.3, 0.4) is 0 Å². The molecule has 0 saturated heterocycles. The molecule has 0 aliphatic heterocycles. The topological polar surface area (TPSA) is 49.6 Å². The molecule has 212 valence electrons. The van der Waals surface area contributed by atoms with Crippen molar-refractivity contribution >= 4 is 10.8 Å². The third-order valence-corrected chi connectivity index (χ3v) is 9.11. The predicted octanol–water partition coefficient (Wildman–Crippen LogP) is 10.5.